The number of hydrogen-bond donors (Lipinski definition) is 0. The predicted molar refractivity (Wildman–Crippen MR) is 62.6 cm³/mol. The summed E-state index contributed by atoms with van der Waals surface area (Å²) in [5, 5.41) is 0. The van der Waals surface area contributed by atoms with Crippen LogP contribution in [0.5, 0.6) is 0 Å². The minimum Gasteiger partial charge on any atom is -0.313 e. The third-order valence-corrected chi connectivity index (χ3v) is 2.90. The van der Waals surface area contributed by atoms with Gasteiger partial charge in [0.25, 0.3) is 0 Å². The molecule has 1 aromatic carbocycles. The molecule has 0 aliphatic carbocycles. The molecule has 0 saturated heterocycles. The highest BCUT2D eigenvalue weighted by Gasteiger charge is 2.27. The fraction of sp³-hybridized carbons (Fsp3) is 0.333. The topological polar surface area (TPSA) is 40.6 Å². The molecule has 0 fully saturated rings. The molecule has 0 atom stereocenters. The summed E-state index contributed by atoms with van der Waals surface area (Å²) in [5.41, 5.74) is 2.64. The number of nitrogens with zero attached hydrogens (tertiary/aromatic N) is 2. The lowest BCUT2D eigenvalue weighted by atomic mass is 10.1. The summed E-state index contributed by atoms with van der Waals surface area (Å²) in [6, 6.07) is 5.73. The average molecular weight is 218 g/mol. The Kier molecular flexibility index (Phi) is 2.42. The molecule has 0 radical (unpaired) electrons. The molecule has 1 aliphatic rings. The zero-order valence-corrected chi connectivity index (χ0v) is 9.65. The standard InChI is InChI=1S/C12H14N2O2/c1-8-4-5-9-10(6-8)14(3)12(16)7-11(15)13(9)2/h4-6H,7H2,1-3H3. The van der Waals surface area contributed by atoms with Crippen molar-refractivity contribution in [1.29, 1.82) is 0 Å². The molecule has 2 amide bonds. The fourth-order valence-corrected chi connectivity index (χ4v) is 1.82. The molecule has 0 aromatic heterocycles. The number of carbonyl (C=O) groups excluding carboxylic acids is 2. The molecule has 0 saturated carbocycles. The van der Waals surface area contributed by atoms with Crippen molar-refractivity contribution in [2.45, 2.75) is 13.3 Å². The number of benzene rings is 1. The zero-order valence-electron chi connectivity index (χ0n) is 9.65. The molecule has 0 spiro atoms. The quantitative estimate of drug-likeness (QED) is 0.616. The van der Waals surface area contributed by atoms with Gasteiger partial charge in [-0.05, 0) is 24.6 Å². The van der Waals surface area contributed by atoms with E-state index in [9.17, 15) is 9.59 Å². The molecule has 0 bridgehead atoms. The number of aryl methyl sites for hydroxylation is 1. The normalized spacial score (nSPS) is 16.2. The van der Waals surface area contributed by atoms with Crippen LogP contribution in [0.3, 0.4) is 0 Å². The van der Waals surface area contributed by atoms with E-state index in [2.05, 4.69) is 0 Å². The van der Waals surface area contributed by atoms with Crippen molar-refractivity contribution in [2.75, 3.05) is 23.9 Å². The summed E-state index contributed by atoms with van der Waals surface area (Å²) in [7, 11) is 3.40. The summed E-state index contributed by atoms with van der Waals surface area (Å²) in [5.74, 6) is -0.333. The maximum absolute atomic E-state index is 11.7. The monoisotopic (exact) mass is 218 g/mol. The van der Waals surface area contributed by atoms with Gasteiger partial charge >= 0.3 is 0 Å². The minimum absolute atomic E-state index is 0.0687. The first-order valence-corrected chi connectivity index (χ1v) is 5.14. The van der Waals surface area contributed by atoms with Gasteiger partial charge in [0, 0.05) is 14.1 Å². The molecule has 0 unspecified atom stereocenters. The molecule has 1 heterocycles. The number of hydrogen-bond acceptors (Lipinski definition) is 2. The Morgan fingerprint density at radius 1 is 1.00 bits per heavy atom. The highest BCUT2D eigenvalue weighted by atomic mass is 16.2. The van der Waals surface area contributed by atoms with E-state index in [0.717, 1.165) is 16.9 Å². The first-order valence-electron chi connectivity index (χ1n) is 5.14. The summed E-state index contributed by atoms with van der Waals surface area (Å²) >= 11 is 0. The van der Waals surface area contributed by atoms with Crippen LogP contribution in [0.15, 0.2) is 18.2 Å². The van der Waals surface area contributed by atoms with Crippen LogP contribution < -0.4 is 9.80 Å². The number of fused-ring (bicyclic) bond motifs is 1. The van der Waals surface area contributed by atoms with Gasteiger partial charge in [-0.25, -0.2) is 0 Å². The molecule has 84 valence electrons. The van der Waals surface area contributed by atoms with Gasteiger partial charge in [-0.2, -0.15) is 0 Å². The van der Waals surface area contributed by atoms with Crippen LogP contribution in [-0.4, -0.2) is 25.9 Å². The largest absolute Gasteiger partial charge is 0.313 e. The molecule has 1 aromatic rings. The Hall–Kier alpha value is -1.84. The molecule has 16 heavy (non-hydrogen) atoms. The van der Waals surface area contributed by atoms with Crippen LogP contribution in [0, 0.1) is 6.92 Å². The molecular formula is C12H14N2O2. The first-order chi connectivity index (χ1) is 7.50. The number of rotatable bonds is 0. The van der Waals surface area contributed by atoms with Crippen molar-refractivity contribution in [3.05, 3.63) is 23.8 Å². The minimum atomic E-state index is -0.167. The van der Waals surface area contributed by atoms with E-state index < -0.39 is 0 Å². The van der Waals surface area contributed by atoms with E-state index >= 15 is 0 Å². The van der Waals surface area contributed by atoms with E-state index in [1.807, 2.05) is 25.1 Å². The van der Waals surface area contributed by atoms with Crippen molar-refractivity contribution >= 4 is 23.2 Å². The van der Waals surface area contributed by atoms with Crippen molar-refractivity contribution in [1.82, 2.24) is 0 Å². The summed E-state index contributed by atoms with van der Waals surface area (Å²) in [4.78, 5) is 26.5. The molecule has 0 N–H and O–H groups in total. The van der Waals surface area contributed by atoms with E-state index in [1.54, 1.807) is 19.0 Å². The second-order valence-electron chi connectivity index (χ2n) is 4.07. The lowest BCUT2D eigenvalue weighted by Crippen LogP contribution is -2.28. The van der Waals surface area contributed by atoms with Crippen LogP contribution >= 0.6 is 0 Å². The number of anilines is 2. The maximum atomic E-state index is 11.7. The van der Waals surface area contributed by atoms with Crippen LogP contribution in [0.25, 0.3) is 0 Å². The lowest BCUT2D eigenvalue weighted by molar-refractivity contribution is -0.125. The molecular weight excluding hydrogens is 204 g/mol. The van der Waals surface area contributed by atoms with Gasteiger partial charge in [-0.15, -0.1) is 0 Å². The van der Waals surface area contributed by atoms with E-state index in [4.69, 9.17) is 0 Å². The summed E-state index contributed by atoms with van der Waals surface area (Å²) in [6.45, 7) is 1.96. The Morgan fingerprint density at radius 3 is 2.19 bits per heavy atom. The summed E-state index contributed by atoms with van der Waals surface area (Å²) in [6.07, 6.45) is -0.0687. The Bertz CT molecular complexity index is 468. The fourth-order valence-electron chi connectivity index (χ4n) is 1.82. The zero-order chi connectivity index (χ0) is 11.9. The van der Waals surface area contributed by atoms with E-state index in [-0.39, 0.29) is 18.2 Å². The molecule has 2 rings (SSSR count). The number of carbonyl (C=O) groups is 2. The van der Waals surface area contributed by atoms with Gasteiger partial charge in [0.2, 0.25) is 11.8 Å². The van der Waals surface area contributed by atoms with Crippen molar-refractivity contribution < 1.29 is 9.59 Å². The van der Waals surface area contributed by atoms with E-state index in [1.165, 1.54) is 4.90 Å². The SMILES string of the molecule is Cc1ccc2c(c1)N(C)C(=O)CC(=O)N2C. The van der Waals surface area contributed by atoms with Crippen LogP contribution in [-0.2, 0) is 9.59 Å². The Labute approximate surface area is 94.5 Å². The highest BCUT2D eigenvalue weighted by molar-refractivity contribution is 6.14. The van der Waals surface area contributed by atoms with Gasteiger partial charge in [0.15, 0.2) is 0 Å². The second kappa shape index (κ2) is 3.63. The summed E-state index contributed by atoms with van der Waals surface area (Å²) < 4.78 is 0. The van der Waals surface area contributed by atoms with Crippen molar-refractivity contribution in [3.63, 3.8) is 0 Å². The smallest absolute Gasteiger partial charge is 0.236 e. The van der Waals surface area contributed by atoms with Gasteiger partial charge < -0.3 is 9.80 Å². The number of amides is 2. The van der Waals surface area contributed by atoms with Gasteiger partial charge in [-0.1, -0.05) is 6.07 Å². The van der Waals surface area contributed by atoms with Crippen LogP contribution in [0.1, 0.15) is 12.0 Å². The first kappa shape index (κ1) is 10.7. The van der Waals surface area contributed by atoms with Crippen molar-refractivity contribution in [3.8, 4) is 0 Å². The van der Waals surface area contributed by atoms with Gasteiger partial charge in [-0.3, -0.25) is 9.59 Å². The molecule has 4 heteroatoms. The third kappa shape index (κ3) is 1.56. The Morgan fingerprint density at radius 2 is 1.56 bits per heavy atom. The maximum Gasteiger partial charge on any atom is 0.236 e. The second-order valence-corrected chi connectivity index (χ2v) is 4.07. The van der Waals surface area contributed by atoms with Crippen LogP contribution in [0.2, 0.25) is 0 Å². The average Bonchev–Trinajstić information content (AvgIpc) is 2.32. The van der Waals surface area contributed by atoms with Crippen LogP contribution in [0.4, 0.5) is 11.4 Å². The lowest BCUT2D eigenvalue weighted by Gasteiger charge is -2.20. The molecule has 4 nitrogen and oxygen atoms in total. The predicted octanol–water partition coefficient (Wildman–Crippen LogP) is 1.32. The molecule has 1 aliphatic heterocycles. The van der Waals surface area contributed by atoms with Gasteiger partial charge in [0.05, 0.1) is 11.4 Å². The Balaban J connectivity index is 2.62. The highest BCUT2D eigenvalue weighted by Crippen LogP contribution is 2.32. The third-order valence-electron chi connectivity index (χ3n) is 2.90. The van der Waals surface area contributed by atoms with Crippen molar-refractivity contribution in [2.24, 2.45) is 0 Å². The van der Waals surface area contributed by atoms with E-state index in [0.29, 0.717) is 0 Å². The van der Waals surface area contributed by atoms with Gasteiger partial charge in [0.1, 0.15) is 6.42 Å².